The van der Waals surface area contributed by atoms with Crippen molar-refractivity contribution < 1.29 is 4.79 Å². The average Bonchev–Trinajstić information content (AvgIpc) is 2.66. The van der Waals surface area contributed by atoms with Crippen molar-refractivity contribution in [2.75, 3.05) is 6.54 Å². The van der Waals surface area contributed by atoms with Crippen molar-refractivity contribution >= 4 is 6.03 Å². The number of nitrogens with zero attached hydrogens (tertiary/aromatic N) is 3. The summed E-state index contributed by atoms with van der Waals surface area (Å²) >= 11 is 0. The molecule has 0 aromatic carbocycles. The number of amides is 2. The summed E-state index contributed by atoms with van der Waals surface area (Å²) in [6, 6.07) is 1.98. The Labute approximate surface area is 95.1 Å². The molecule has 0 aromatic rings. The number of nitrogens with two attached hydrogens (primary N) is 1. The first-order valence-corrected chi connectivity index (χ1v) is 5.57. The summed E-state index contributed by atoms with van der Waals surface area (Å²) in [4.78, 5) is 15.4. The fourth-order valence-corrected chi connectivity index (χ4v) is 2.47. The number of fused-ring (bicyclic) bond motifs is 1. The zero-order valence-electron chi connectivity index (χ0n) is 9.60. The van der Waals surface area contributed by atoms with Gasteiger partial charge in [-0.1, -0.05) is 0 Å². The SMILES string of the molecule is CC(C)N1C(=O)N2CCCC2C(C#N)=C1N. The fraction of sp³-hybridized carbons (Fsp3) is 0.636. The summed E-state index contributed by atoms with van der Waals surface area (Å²) in [5.74, 6) is 0.339. The zero-order chi connectivity index (χ0) is 11.9. The first-order chi connectivity index (χ1) is 7.57. The standard InChI is InChI=1S/C11H16N4O/c1-7(2)15-10(13)8(6-12)9-4-3-5-14(9)11(15)16/h7,9H,3-5,13H2,1-2H3. The molecule has 86 valence electrons. The van der Waals surface area contributed by atoms with Gasteiger partial charge in [-0.15, -0.1) is 0 Å². The van der Waals surface area contributed by atoms with Crippen LogP contribution in [-0.2, 0) is 0 Å². The second kappa shape index (κ2) is 3.71. The van der Waals surface area contributed by atoms with Crippen molar-refractivity contribution in [3.63, 3.8) is 0 Å². The van der Waals surface area contributed by atoms with Gasteiger partial charge < -0.3 is 10.6 Å². The molecule has 0 saturated carbocycles. The van der Waals surface area contributed by atoms with Gasteiger partial charge in [0.15, 0.2) is 0 Å². The molecule has 2 aliphatic heterocycles. The lowest BCUT2D eigenvalue weighted by molar-refractivity contribution is 0.144. The van der Waals surface area contributed by atoms with Crippen LogP contribution in [-0.4, -0.2) is 34.5 Å². The first kappa shape index (κ1) is 10.8. The Morgan fingerprint density at radius 3 is 2.81 bits per heavy atom. The van der Waals surface area contributed by atoms with Crippen molar-refractivity contribution in [3.8, 4) is 6.07 Å². The molecular weight excluding hydrogens is 204 g/mol. The second-order valence-electron chi connectivity index (χ2n) is 4.51. The molecule has 2 aliphatic rings. The molecule has 0 aliphatic carbocycles. The lowest BCUT2D eigenvalue weighted by Crippen LogP contribution is -2.54. The van der Waals surface area contributed by atoms with E-state index in [-0.39, 0.29) is 18.1 Å². The van der Waals surface area contributed by atoms with Gasteiger partial charge >= 0.3 is 6.03 Å². The highest BCUT2D eigenvalue weighted by atomic mass is 16.2. The van der Waals surface area contributed by atoms with Crippen molar-refractivity contribution in [1.82, 2.24) is 9.80 Å². The molecule has 1 saturated heterocycles. The van der Waals surface area contributed by atoms with Gasteiger partial charge in [0.05, 0.1) is 11.6 Å². The third kappa shape index (κ3) is 1.33. The lowest BCUT2D eigenvalue weighted by Gasteiger charge is -2.39. The van der Waals surface area contributed by atoms with Crippen LogP contribution in [0.3, 0.4) is 0 Å². The summed E-state index contributed by atoms with van der Waals surface area (Å²) < 4.78 is 0. The van der Waals surface area contributed by atoms with Crippen LogP contribution in [0.5, 0.6) is 0 Å². The summed E-state index contributed by atoms with van der Waals surface area (Å²) in [5, 5.41) is 9.14. The Kier molecular flexibility index (Phi) is 2.50. The number of hydrogen-bond acceptors (Lipinski definition) is 3. The summed E-state index contributed by atoms with van der Waals surface area (Å²) in [5.41, 5.74) is 6.46. The van der Waals surface area contributed by atoms with Crippen molar-refractivity contribution in [2.45, 2.75) is 38.8 Å². The average molecular weight is 220 g/mol. The number of carbonyl (C=O) groups is 1. The highest BCUT2D eigenvalue weighted by molar-refractivity contribution is 5.80. The van der Waals surface area contributed by atoms with E-state index in [1.807, 2.05) is 13.8 Å². The van der Waals surface area contributed by atoms with E-state index in [4.69, 9.17) is 11.0 Å². The molecular formula is C11H16N4O. The molecule has 1 unspecified atom stereocenters. The minimum absolute atomic E-state index is 0.0163. The zero-order valence-corrected chi connectivity index (χ0v) is 9.60. The molecule has 2 N–H and O–H groups in total. The van der Waals surface area contributed by atoms with Gasteiger partial charge in [-0.3, -0.25) is 4.90 Å². The molecule has 2 rings (SSSR count). The Morgan fingerprint density at radius 1 is 1.56 bits per heavy atom. The third-order valence-corrected chi connectivity index (χ3v) is 3.21. The molecule has 5 nitrogen and oxygen atoms in total. The smallest absolute Gasteiger partial charge is 0.326 e. The molecule has 0 bridgehead atoms. The fourth-order valence-electron chi connectivity index (χ4n) is 2.47. The van der Waals surface area contributed by atoms with E-state index < -0.39 is 0 Å². The van der Waals surface area contributed by atoms with Gasteiger partial charge in [-0.2, -0.15) is 5.26 Å². The molecule has 0 radical (unpaired) electrons. The van der Waals surface area contributed by atoms with Crippen LogP contribution in [0.2, 0.25) is 0 Å². The predicted molar refractivity (Wildman–Crippen MR) is 58.9 cm³/mol. The maximum Gasteiger partial charge on any atom is 0.326 e. The van der Waals surface area contributed by atoms with E-state index in [1.54, 1.807) is 4.90 Å². The molecule has 2 heterocycles. The number of hydrogen-bond donors (Lipinski definition) is 1. The van der Waals surface area contributed by atoms with Crippen LogP contribution < -0.4 is 5.73 Å². The minimum atomic E-state index is -0.0903. The van der Waals surface area contributed by atoms with Crippen LogP contribution in [0.25, 0.3) is 0 Å². The van der Waals surface area contributed by atoms with Crippen LogP contribution in [0.4, 0.5) is 4.79 Å². The van der Waals surface area contributed by atoms with E-state index in [2.05, 4.69) is 6.07 Å². The Bertz CT molecular complexity index is 393. The Morgan fingerprint density at radius 2 is 2.25 bits per heavy atom. The molecule has 5 heteroatoms. The van der Waals surface area contributed by atoms with Crippen LogP contribution in [0.15, 0.2) is 11.4 Å². The van der Waals surface area contributed by atoms with E-state index in [1.165, 1.54) is 4.90 Å². The number of urea groups is 1. The Balaban J connectivity index is 2.48. The summed E-state index contributed by atoms with van der Waals surface area (Å²) in [6.07, 6.45) is 1.79. The third-order valence-electron chi connectivity index (χ3n) is 3.21. The van der Waals surface area contributed by atoms with Crippen molar-refractivity contribution in [3.05, 3.63) is 11.4 Å². The van der Waals surface area contributed by atoms with Gasteiger partial charge in [0.2, 0.25) is 0 Å². The second-order valence-corrected chi connectivity index (χ2v) is 4.51. The predicted octanol–water partition coefficient (Wildman–Crippen LogP) is 0.989. The molecule has 1 atom stereocenters. The van der Waals surface area contributed by atoms with Crippen LogP contribution in [0.1, 0.15) is 26.7 Å². The van der Waals surface area contributed by atoms with Crippen molar-refractivity contribution in [1.29, 1.82) is 5.26 Å². The Hall–Kier alpha value is -1.70. The number of nitriles is 1. The first-order valence-electron chi connectivity index (χ1n) is 5.57. The monoisotopic (exact) mass is 220 g/mol. The topological polar surface area (TPSA) is 73.4 Å². The highest BCUT2D eigenvalue weighted by Crippen LogP contribution is 2.32. The van der Waals surface area contributed by atoms with Crippen LogP contribution >= 0.6 is 0 Å². The lowest BCUT2D eigenvalue weighted by atomic mass is 10.0. The molecule has 16 heavy (non-hydrogen) atoms. The minimum Gasteiger partial charge on any atom is -0.384 e. The van der Waals surface area contributed by atoms with E-state index in [0.717, 1.165) is 19.4 Å². The van der Waals surface area contributed by atoms with Crippen molar-refractivity contribution in [2.24, 2.45) is 5.73 Å². The van der Waals surface area contributed by atoms with Gasteiger partial charge in [0, 0.05) is 12.6 Å². The quantitative estimate of drug-likeness (QED) is 0.716. The molecule has 1 fully saturated rings. The molecule has 0 spiro atoms. The molecule has 2 amide bonds. The maximum absolute atomic E-state index is 12.1. The summed E-state index contributed by atoms with van der Waals surface area (Å²) in [6.45, 7) is 4.53. The number of rotatable bonds is 1. The normalized spacial score (nSPS) is 25.1. The van der Waals surface area contributed by atoms with Crippen LogP contribution in [0, 0.1) is 11.3 Å². The van der Waals surface area contributed by atoms with E-state index >= 15 is 0 Å². The molecule has 0 aromatic heterocycles. The van der Waals surface area contributed by atoms with E-state index in [9.17, 15) is 4.79 Å². The van der Waals surface area contributed by atoms with Gasteiger partial charge in [-0.05, 0) is 26.7 Å². The van der Waals surface area contributed by atoms with E-state index in [0.29, 0.717) is 11.4 Å². The largest absolute Gasteiger partial charge is 0.384 e. The van der Waals surface area contributed by atoms with Gasteiger partial charge in [-0.25, -0.2) is 4.79 Å². The number of carbonyl (C=O) groups excluding carboxylic acids is 1. The highest BCUT2D eigenvalue weighted by Gasteiger charge is 2.42. The van der Waals surface area contributed by atoms with Gasteiger partial charge in [0.25, 0.3) is 0 Å². The maximum atomic E-state index is 12.1. The van der Waals surface area contributed by atoms with Gasteiger partial charge in [0.1, 0.15) is 11.9 Å². The summed E-state index contributed by atoms with van der Waals surface area (Å²) in [7, 11) is 0.